The first-order valence-electron chi connectivity index (χ1n) is 4.65. The Balaban J connectivity index is 2.55. The Bertz CT molecular complexity index is 301. The summed E-state index contributed by atoms with van der Waals surface area (Å²) in [6.45, 7) is 0.929. The largest absolute Gasteiger partial charge is 0.374 e. The van der Waals surface area contributed by atoms with Gasteiger partial charge in [0.15, 0.2) is 0 Å². The fourth-order valence-corrected chi connectivity index (χ4v) is 2.09. The van der Waals surface area contributed by atoms with Crippen molar-refractivity contribution in [2.75, 3.05) is 18.5 Å². The second-order valence-electron chi connectivity index (χ2n) is 3.18. The van der Waals surface area contributed by atoms with Crippen molar-refractivity contribution in [3.05, 3.63) is 27.8 Å². The van der Waals surface area contributed by atoms with Gasteiger partial charge in [-0.2, -0.15) is 0 Å². The van der Waals surface area contributed by atoms with Crippen molar-refractivity contribution in [2.45, 2.75) is 12.8 Å². The minimum Gasteiger partial charge on any atom is -0.374 e. The van der Waals surface area contributed by atoms with Crippen LogP contribution in [0, 0.1) is 3.57 Å². The van der Waals surface area contributed by atoms with Crippen LogP contribution < -0.4 is 4.90 Å². The van der Waals surface area contributed by atoms with Crippen LogP contribution >= 0.6 is 22.6 Å². The van der Waals surface area contributed by atoms with Crippen molar-refractivity contribution in [1.82, 2.24) is 0 Å². The Morgan fingerprint density at radius 1 is 1.43 bits per heavy atom. The van der Waals surface area contributed by atoms with Gasteiger partial charge in [0.25, 0.3) is 0 Å². The predicted molar refractivity (Wildman–Crippen MR) is 67.7 cm³/mol. The Labute approximate surface area is 98.4 Å². The molecule has 1 aromatic carbocycles. The van der Waals surface area contributed by atoms with Gasteiger partial charge in [-0.3, -0.25) is 0 Å². The Hall–Kier alpha value is -0.580. The molecule has 0 bridgehead atoms. The summed E-state index contributed by atoms with van der Waals surface area (Å²) in [6, 6.07) is 8.26. The highest BCUT2D eigenvalue weighted by Crippen LogP contribution is 2.20. The number of halogens is 1. The van der Waals surface area contributed by atoms with Gasteiger partial charge in [-0.25, -0.2) is 0 Å². The molecule has 0 aliphatic carbocycles. The van der Waals surface area contributed by atoms with Gasteiger partial charge in [0.1, 0.15) is 6.29 Å². The van der Waals surface area contributed by atoms with E-state index in [9.17, 15) is 4.79 Å². The van der Waals surface area contributed by atoms with Crippen LogP contribution in [0.4, 0.5) is 5.69 Å². The summed E-state index contributed by atoms with van der Waals surface area (Å²) in [5.41, 5.74) is 1.24. The van der Waals surface area contributed by atoms with Crippen LogP contribution in [0.1, 0.15) is 12.8 Å². The Morgan fingerprint density at radius 2 is 2.14 bits per heavy atom. The molecule has 0 fully saturated rings. The monoisotopic (exact) mass is 303 g/mol. The summed E-state index contributed by atoms with van der Waals surface area (Å²) in [6.07, 6.45) is 2.54. The lowest BCUT2D eigenvalue weighted by Crippen LogP contribution is -2.19. The molecule has 0 aliphatic rings. The third-order valence-electron chi connectivity index (χ3n) is 2.08. The number of para-hydroxylation sites is 1. The molecule has 0 heterocycles. The molecule has 1 aromatic rings. The topological polar surface area (TPSA) is 20.3 Å². The first kappa shape index (κ1) is 11.5. The number of aldehydes is 1. The number of carbonyl (C=O) groups is 1. The van der Waals surface area contributed by atoms with Gasteiger partial charge in [-0.1, -0.05) is 12.1 Å². The van der Waals surface area contributed by atoms with Crippen molar-refractivity contribution in [3.63, 3.8) is 0 Å². The maximum atomic E-state index is 10.2. The van der Waals surface area contributed by atoms with Crippen LogP contribution in [0.2, 0.25) is 0 Å². The van der Waals surface area contributed by atoms with E-state index in [0.29, 0.717) is 6.42 Å². The molecule has 0 atom stereocenters. The zero-order valence-electron chi connectivity index (χ0n) is 8.24. The van der Waals surface area contributed by atoms with E-state index in [4.69, 9.17) is 0 Å². The number of hydrogen-bond acceptors (Lipinski definition) is 2. The molecule has 76 valence electrons. The average molecular weight is 303 g/mol. The van der Waals surface area contributed by atoms with Crippen LogP contribution in [0.15, 0.2) is 24.3 Å². The minimum atomic E-state index is 0.647. The van der Waals surface area contributed by atoms with Crippen molar-refractivity contribution in [2.24, 2.45) is 0 Å². The Kier molecular flexibility index (Phi) is 4.93. The van der Waals surface area contributed by atoms with Crippen LogP contribution in [-0.4, -0.2) is 19.9 Å². The molecule has 2 nitrogen and oxygen atoms in total. The molecule has 0 N–H and O–H groups in total. The second-order valence-corrected chi connectivity index (χ2v) is 4.34. The van der Waals surface area contributed by atoms with Gasteiger partial charge < -0.3 is 9.69 Å². The second kappa shape index (κ2) is 6.01. The normalized spacial score (nSPS) is 9.86. The highest BCUT2D eigenvalue weighted by atomic mass is 127. The lowest BCUT2D eigenvalue weighted by atomic mass is 10.2. The highest BCUT2D eigenvalue weighted by Gasteiger charge is 2.03. The number of hydrogen-bond donors (Lipinski definition) is 0. The number of anilines is 1. The molecule has 1 rings (SSSR count). The van der Waals surface area contributed by atoms with E-state index in [2.05, 4.69) is 46.7 Å². The summed E-state index contributed by atoms with van der Waals surface area (Å²) in [5, 5.41) is 0. The first-order valence-corrected chi connectivity index (χ1v) is 5.73. The zero-order chi connectivity index (χ0) is 10.4. The fraction of sp³-hybridized carbons (Fsp3) is 0.364. The van der Waals surface area contributed by atoms with E-state index >= 15 is 0 Å². The average Bonchev–Trinajstić information content (AvgIpc) is 2.18. The molecule has 0 amide bonds. The van der Waals surface area contributed by atoms with Crippen LogP contribution in [0.3, 0.4) is 0 Å². The van der Waals surface area contributed by atoms with Gasteiger partial charge in [0.05, 0.1) is 0 Å². The lowest BCUT2D eigenvalue weighted by molar-refractivity contribution is -0.107. The molecular formula is C11H14INO. The molecule has 0 unspecified atom stereocenters. The van der Waals surface area contributed by atoms with Crippen molar-refractivity contribution < 1.29 is 4.79 Å². The van der Waals surface area contributed by atoms with Crippen molar-refractivity contribution in [1.29, 1.82) is 0 Å². The summed E-state index contributed by atoms with van der Waals surface area (Å²) < 4.78 is 1.25. The number of rotatable bonds is 5. The molecule has 14 heavy (non-hydrogen) atoms. The molecule has 0 aliphatic heterocycles. The van der Waals surface area contributed by atoms with Gasteiger partial charge >= 0.3 is 0 Å². The Morgan fingerprint density at radius 3 is 2.79 bits per heavy atom. The third kappa shape index (κ3) is 3.29. The highest BCUT2D eigenvalue weighted by molar-refractivity contribution is 14.1. The number of unbranched alkanes of at least 4 members (excludes halogenated alkanes) is 1. The number of nitrogens with zero attached hydrogens (tertiary/aromatic N) is 1. The maximum absolute atomic E-state index is 10.2. The third-order valence-corrected chi connectivity index (χ3v) is 2.99. The summed E-state index contributed by atoms with van der Waals surface area (Å²) in [5.74, 6) is 0. The van der Waals surface area contributed by atoms with Gasteiger partial charge in [0.2, 0.25) is 0 Å². The standard InChI is InChI=1S/C11H14INO/c1-13(8-4-5-9-14)11-7-3-2-6-10(11)12/h2-3,6-7,9H,4-5,8H2,1H3. The first-order chi connectivity index (χ1) is 6.75. The number of benzene rings is 1. The van der Waals surface area contributed by atoms with Crippen molar-refractivity contribution in [3.8, 4) is 0 Å². The summed E-state index contributed by atoms with van der Waals surface area (Å²) in [4.78, 5) is 12.4. The smallest absolute Gasteiger partial charge is 0.120 e. The number of carbonyl (C=O) groups excluding carboxylic acids is 1. The fourth-order valence-electron chi connectivity index (χ4n) is 1.29. The summed E-state index contributed by atoms with van der Waals surface area (Å²) >= 11 is 2.33. The van der Waals surface area contributed by atoms with Crippen LogP contribution in [0.5, 0.6) is 0 Å². The molecule has 0 spiro atoms. The molecule has 0 saturated carbocycles. The molecule has 0 aromatic heterocycles. The maximum Gasteiger partial charge on any atom is 0.120 e. The van der Waals surface area contributed by atoms with E-state index in [1.54, 1.807) is 0 Å². The minimum absolute atomic E-state index is 0.647. The van der Waals surface area contributed by atoms with E-state index < -0.39 is 0 Å². The predicted octanol–water partition coefficient (Wildman–Crippen LogP) is 2.71. The molecule has 0 radical (unpaired) electrons. The van der Waals surface area contributed by atoms with E-state index in [1.807, 2.05) is 12.1 Å². The van der Waals surface area contributed by atoms with Crippen molar-refractivity contribution >= 4 is 34.6 Å². The van der Waals surface area contributed by atoms with Gasteiger partial charge in [0, 0.05) is 29.3 Å². The lowest BCUT2D eigenvalue weighted by Gasteiger charge is -2.19. The van der Waals surface area contributed by atoms with Crippen LogP contribution in [-0.2, 0) is 4.79 Å². The zero-order valence-corrected chi connectivity index (χ0v) is 10.4. The SMILES string of the molecule is CN(CCCC=O)c1ccccc1I. The van der Waals surface area contributed by atoms with E-state index in [-0.39, 0.29) is 0 Å². The van der Waals surface area contributed by atoms with E-state index in [0.717, 1.165) is 19.3 Å². The quantitative estimate of drug-likeness (QED) is 0.473. The summed E-state index contributed by atoms with van der Waals surface area (Å²) in [7, 11) is 2.06. The van der Waals surface area contributed by atoms with E-state index in [1.165, 1.54) is 9.26 Å². The molecule has 0 saturated heterocycles. The molecule has 3 heteroatoms. The van der Waals surface area contributed by atoms with Gasteiger partial charge in [-0.05, 0) is 41.1 Å². The molecular weight excluding hydrogens is 289 g/mol. The van der Waals surface area contributed by atoms with Crippen LogP contribution in [0.25, 0.3) is 0 Å². The van der Waals surface area contributed by atoms with Gasteiger partial charge in [-0.15, -0.1) is 0 Å².